The first-order valence-corrected chi connectivity index (χ1v) is 7.35. The van der Waals surface area contributed by atoms with Gasteiger partial charge in [0.25, 0.3) is 0 Å². The number of hydrogen-bond acceptors (Lipinski definition) is 4. The third kappa shape index (κ3) is 5.82. The third-order valence-electron chi connectivity index (χ3n) is 2.32. The standard InChI is InChI=1S/C12H18N2O4S/c1-18-9-5-8-13-12(15)10-14-19(16,17)11-6-3-2-4-7-11/h2-4,6-7,14H,5,8-10H2,1H3,(H,13,15). The molecule has 0 aliphatic carbocycles. The van der Waals surface area contributed by atoms with Gasteiger partial charge in [0, 0.05) is 20.3 Å². The Hall–Kier alpha value is -1.44. The molecule has 1 rings (SSSR count). The maximum Gasteiger partial charge on any atom is 0.241 e. The quantitative estimate of drug-likeness (QED) is 0.665. The first kappa shape index (κ1) is 15.6. The van der Waals surface area contributed by atoms with Gasteiger partial charge in [-0.1, -0.05) is 18.2 Å². The number of nitrogens with one attached hydrogen (secondary N) is 2. The van der Waals surface area contributed by atoms with E-state index in [2.05, 4.69) is 10.0 Å². The molecule has 106 valence electrons. The monoisotopic (exact) mass is 286 g/mol. The molecule has 0 atom stereocenters. The molecule has 6 nitrogen and oxygen atoms in total. The van der Waals surface area contributed by atoms with E-state index in [4.69, 9.17) is 4.74 Å². The van der Waals surface area contributed by atoms with Crippen molar-refractivity contribution in [1.29, 1.82) is 0 Å². The number of amides is 1. The molecule has 0 aliphatic rings. The van der Waals surface area contributed by atoms with Gasteiger partial charge in [-0.05, 0) is 18.6 Å². The van der Waals surface area contributed by atoms with Crippen LogP contribution in [-0.4, -0.2) is 41.1 Å². The summed E-state index contributed by atoms with van der Waals surface area (Å²) in [6.45, 7) is 0.736. The van der Waals surface area contributed by atoms with E-state index in [0.717, 1.165) is 0 Å². The zero-order valence-corrected chi connectivity index (χ0v) is 11.6. The van der Waals surface area contributed by atoms with E-state index in [-0.39, 0.29) is 17.3 Å². The van der Waals surface area contributed by atoms with E-state index in [0.29, 0.717) is 19.6 Å². The first-order chi connectivity index (χ1) is 9.06. The molecule has 0 saturated carbocycles. The molecule has 1 aromatic carbocycles. The van der Waals surface area contributed by atoms with Gasteiger partial charge >= 0.3 is 0 Å². The van der Waals surface area contributed by atoms with Crippen LogP contribution in [0.1, 0.15) is 6.42 Å². The Morgan fingerprint density at radius 3 is 2.58 bits per heavy atom. The van der Waals surface area contributed by atoms with Crippen LogP contribution in [0.5, 0.6) is 0 Å². The maximum atomic E-state index is 11.8. The van der Waals surface area contributed by atoms with Crippen molar-refractivity contribution in [2.45, 2.75) is 11.3 Å². The third-order valence-corrected chi connectivity index (χ3v) is 3.74. The van der Waals surface area contributed by atoms with E-state index in [1.54, 1.807) is 25.3 Å². The van der Waals surface area contributed by atoms with Crippen molar-refractivity contribution in [3.63, 3.8) is 0 Å². The second-order valence-corrected chi connectivity index (χ2v) is 5.60. The van der Waals surface area contributed by atoms with Crippen LogP contribution in [0.4, 0.5) is 0 Å². The Morgan fingerprint density at radius 2 is 1.95 bits per heavy atom. The van der Waals surface area contributed by atoms with Gasteiger partial charge in [-0.25, -0.2) is 13.1 Å². The lowest BCUT2D eigenvalue weighted by molar-refractivity contribution is -0.120. The number of carbonyl (C=O) groups excluding carboxylic acids is 1. The largest absolute Gasteiger partial charge is 0.385 e. The van der Waals surface area contributed by atoms with Crippen molar-refractivity contribution in [1.82, 2.24) is 10.0 Å². The lowest BCUT2D eigenvalue weighted by atomic mass is 10.4. The lowest BCUT2D eigenvalue weighted by Gasteiger charge is -2.07. The zero-order valence-electron chi connectivity index (χ0n) is 10.8. The van der Waals surface area contributed by atoms with Gasteiger partial charge in [-0.3, -0.25) is 4.79 Å². The molecular weight excluding hydrogens is 268 g/mol. The molecule has 0 heterocycles. The van der Waals surface area contributed by atoms with Crippen LogP contribution in [0.2, 0.25) is 0 Å². The number of sulfonamides is 1. The van der Waals surface area contributed by atoms with E-state index in [1.165, 1.54) is 12.1 Å². The normalized spacial score (nSPS) is 11.2. The molecule has 0 saturated heterocycles. The molecule has 0 bridgehead atoms. The fourth-order valence-electron chi connectivity index (χ4n) is 1.35. The fraction of sp³-hybridized carbons (Fsp3) is 0.417. The van der Waals surface area contributed by atoms with Gasteiger partial charge in [-0.2, -0.15) is 0 Å². The SMILES string of the molecule is COCCCNC(=O)CNS(=O)(=O)c1ccccc1. The molecule has 0 fully saturated rings. The first-order valence-electron chi connectivity index (χ1n) is 5.86. The summed E-state index contributed by atoms with van der Waals surface area (Å²) in [7, 11) is -2.05. The Labute approximate surface area is 113 Å². The smallest absolute Gasteiger partial charge is 0.241 e. The van der Waals surface area contributed by atoms with E-state index < -0.39 is 10.0 Å². The van der Waals surface area contributed by atoms with Crippen molar-refractivity contribution >= 4 is 15.9 Å². The zero-order chi connectivity index (χ0) is 14.1. The molecule has 19 heavy (non-hydrogen) atoms. The molecule has 0 radical (unpaired) electrons. The van der Waals surface area contributed by atoms with Crippen molar-refractivity contribution in [2.75, 3.05) is 26.8 Å². The van der Waals surface area contributed by atoms with Gasteiger partial charge < -0.3 is 10.1 Å². The summed E-state index contributed by atoms with van der Waals surface area (Å²) in [5.41, 5.74) is 0. The summed E-state index contributed by atoms with van der Waals surface area (Å²) in [6, 6.07) is 7.91. The van der Waals surface area contributed by atoms with E-state index >= 15 is 0 Å². The van der Waals surface area contributed by atoms with E-state index in [1.807, 2.05) is 0 Å². The Balaban J connectivity index is 2.37. The van der Waals surface area contributed by atoms with Crippen molar-refractivity contribution in [2.24, 2.45) is 0 Å². The minimum absolute atomic E-state index is 0.141. The number of ether oxygens (including phenoxy) is 1. The molecule has 0 unspecified atom stereocenters. The highest BCUT2D eigenvalue weighted by molar-refractivity contribution is 7.89. The topological polar surface area (TPSA) is 84.5 Å². The van der Waals surface area contributed by atoms with Gasteiger partial charge in [0.15, 0.2) is 0 Å². The van der Waals surface area contributed by atoms with Crippen LogP contribution in [0.25, 0.3) is 0 Å². The molecule has 0 aliphatic heterocycles. The van der Waals surface area contributed by atoms with Crippen molar-refractivity contribution < 1.29 is 17.9 Å². The van der Waals surface area contributed by atoms with Crippen LogP contribution in [0.3, 0.4) is 0 Å². The number of hydrogen-bond donors (Lipinski definition) is 2. The predicted octanol–water partition coefficient (Wildman–Crippen LogP) is 0.118. The lowest BCUT2D eigenvalue weighted by Crippen LogP contribution is -2.37. The molecule has 0 spiro atoms. The molecular formula is C12H18N2O4S. The van der Waals surface area contributed by atoms with Crippen molar-refractivity contribution in [3.05, 3.63) is 30.3 Å². The van der Waals surface area contributed by atoms with Crippen molar-refractivity contribution in [3.8, 4) is 0 Å². The Morgan fingerprint density at radius 1 is 1.26 bits per heavy atom. The maximum absolute atomic E-state index is 11.8. The van der Waals surface area contributed by atoms with Crippen LogP contribution in [0.15, 0.2) is 35.2 Å². The highest BCUT2D eigenvalue weighted by Crippen LogP contribution is 2.06. The number of methoxy groups -OCH3 is 1. The number of carbonyl (C=O) groups is 1. The summed E-state index contributed by atoms with van der Waals surface area (Å²) in [4.78, 5) is 11.5. The average Bonchev–Trinajstić information content (AvgIpc) is 2.42. The summed E-state index contributed by atoms with van der Waals surface area (Å²) in [5.74, 6) is -0.365. The minimum atomic E-state index is -3.63. The van der Waals surface area contributed by atoms with Gasteiger partial charge in [0.1, 0.15) is 0 Å². The molecule has 2 N–H and O–H groups in total. The molecule has 1 aromatic rings. The Bertz CT molecular complexity index is 488. The second-order valence-electron chi connectivity index (χ2n) is 3.83. The van der Waals surface area contributed by atoms with Gasteiger partial charge in [0.2, 0.25) is 15.9 Å². The predicted molar refractivity (Wildman–Crippen MR) is 71.1 cm³/mol. The summed E-state index contributed by atoms with van der Waals surface area (Å²) in [5, 5.41) is 2.60. The van der Waals surface area contributed by atoms with Crippen LogP contribution in [-0.2, 0) is 19.6 Å². The highest BCUT2D eigenvalue weighted by Gasteiger charge is 2.14. The minimum Gasteiger partial charge on any atom is -0.385 e. The number of rotatable bonds is 8. The van der Waals surface area contributed by atoms with Crippen LogP contribution < -0.4 is 10.0 Å². The van der Waals surface area contributed by atoms with E-state index in [9.17, 15) is 13.2 Å². The second kappa shape index (κ2) is 7.88. The van der Waals surface area contributed by atoms with Crippen LogP contribution in [0, 0.1) is 0 Å². The number of benzene rings is 1. The fourth-order valence-corrected chi connectivity index (χ4v) is 2.35. The summed E-state index contributed by atoms with van der Waals surface area (Å²) < 4.78 is 30.7. The highest BCUT2D eigenvalue weighted by atomic mass is 32.2. The van der Waals surface area contributed by atoms with Crippen LogP contribution >= 0.6 is 0 Å². The molecule has 1 amide bonds. The molecule has 0 aromatic heterocycles. The summed E-state index contributed by atoms with van der Waals surface area (Å²) in [6.07, 6.45) is 0.688. The Kier molecular flexibility index (Phi) is 6.48. The molecule has 7 heteroatoms. The van der Waals surface area contributed by atoms with Gasteiger partial charge in [-0.15, -0.1) is 0 Å². The average molecular weight is 286 g/mol. The summed E-state index contributed by atoms with van der Waals surface area (Å²) >= 11 is 0. The van der Waals surface area contributed by atoms with Gasteiger partial charge in [0.05, 0.1) is 11.4 Å².